The summed E-state index contributed by atoms with van der Waals surface area (Å²) in [6.45, 7) is 1.07. The fraction of sp³-hybridized carbons (Fsp3) is 0.417. The van der Waals surface area contributed by atoms with Gasteiger partial charge in [-0.1, -0.05) is 0 Å². The molecule has 0 aliphatic carbocycles. The molecule has 1 saturated heterocycles. The maximum Gasteiger partial charge on any atom is 0.150 e. The van der Waals surface area contributed by atoms with Crippen LogP contribution < -0.4 is 5.32 Å². The van der Waals surface area contributed by atoms with Crippen LogP contribution in [0.1, 0.15) is 18.4 Å². The zero-order valence-corrected chi connectivity index (χ0v) is 9.17. The van der Waals surface area contributed by atoms with Crippen molar-refractivity contribution in [2.75, 3.05) is 18.5 Å². The molecule has 3 nitrogen and oxygen atoms in total. The lowest BCUT2D eigenvalue weighted by atomic mass is 10.2. The Hall–Kier alpha value is -1.67. The molecule has 5 heteroatoms. The molecule has 0 spiro atoms. The first-order chi connectivity index (χ1) is 8.20. The molecule has 17 heavy (non-hydrogen) atoms. The van der Waals surface area contributed by atoms with E-state index in [9.17, 15) is 8.78 Å². The second kappa shape index (κ2) is 5.11. The lowest BCUT2D eigenvalue weighted by Crippen LogP contribution is -2.19. The number of ether oxygens (including phenoxy) is 1. The minimum absolute atomic E-state index is 0.00411. The highest BCUT2D eigenvalue weighted by Gasteiger charge is 2.17. The molecule has 2 rings (SSSR count). The summed E-state index contributed by atoms with van der Waals surface area (Å²) < 4.78 is 32.3. The van der Waals surface area contributed by atoms with Crippen LogP contribution in [0, 0.1) is 23.0 Å². The highest BCUT2D eigenvalue weighted by Crippen LogP contribution is 2.21. The predicted molar refractivity (Wildman–Crippen MR) is 58.5 cm³/mol. The molecule has 0 aromatic heterocycles. The van der Waals surface area contributed by atoms with Gasteiger partial charge in [0.25, 0.3) is 0 Å². The van der Waals surface area contributed by atoms with Gasteiger partial charge in [0.05, 0.1) is 17.7 Å². The van der Waals surface area contributed by atoms with E-state index in [1.165, 1.54) is 0 Å². The minimum atomic E-state index is -0.750. The van der Waals surface area contributed by atoms with Crippen LogP contribution in [0.3, 0.4) is 0 Å². The van der Waals surface area contributed by atoms with Crippen molar-refractivity contribution in [2.45, 2.75) is 18.9 Å². The van der Waals surface area contributed by atoms with Crippen LogP contribution in [0.4, 0.5) is 14.5 Å². The molecule has 0 saturated carbocycles. The summed E-state index contributed by atoms with van der Waals surface area (Å²) >= 11 is 0. The molecule has 0 radical (unpaired) electrons. The maximum atomic E-state index is 13.5. The SMILES string of the molecule is N#Cc1cc(F)c(NCC2CCCO2)c(F)c1. The van der Waals surface area contributed by atoms with Crippen molar-refractivity contribution in [2.24, 2.45) is 0 Å². The highest BCUT2D eigenvalue weighted by molar-refractivity contribution is 5.50. The van der Waals surface area contributed by atoms with Crippen molar-refractivity contribution in [3.05, 3.63) is 29.3 Å². The fourth-order valence-electron chi connectivity index (χ4n) is 1.83. The second-order valence-corrected chi connectivity index (χ2v) is 3.94. The van der Waals surface area contributed by atoms with Gasteiger partial charge in [-0.15, -0.1) is 0 Å². The Bertz CT molecular complexity index is 427. The van der Waals surface area contributed by atoms with E-state index in [1.54, 1.807) is 6.07 Å². The van der Waals surface area contributed by atoms with E-state index in [1.807, 2.05) is 0 Å². The average molecular weight is 238 g/mol. The number of rotatable bonds is 3. The first kappa shape index (κ1) is 11.8. The van der Waals surface area contributed by atoms with Gasteiger partial charge < -0.3 is 10.1 Å². The summed E-state index contributed by atoms with van der Waals surface area (Å²) in [5, 5.41) is 11.2. The first-order valence-corrected chi connectivity index (χ1v) is 5.45. The summed E-state index contributed by atoms with van der Waals surface area (Å²) in [5.41, 5.74) is -0.220. The van der Waals surface area contributed by atoms with Gasteiger partial charge in [0, 0.05) is 13.2 Å². The molecular weight excluding hydrogens is 226 g/mol. The van der Waals surface area contributed by atoms with E-state index in [2.05, 4.69) is 5.32 Å². The Labute approximate surface area is 98.0 Å². The summed E-state index contributed by atoms with van der Waals surface area (Å²) in [7, 11) is 0. The van der Waals surface area contributed by atoms with Gasteiger partial charge in [-0.2, -0.15) is 5.26 Å². The minimum Gasteiger partial charge on any atom is -0.378 e. The van der Waals surface area contributed by atoms with Gasteiger partial charge in [-0.25, -0.2) is 8.78 Å². The van der Waals surface area contributed by atoms with Crippen molar-refractivity contribution in [1.82, 2.24) is 0 Å². The first-order valence-electron chi connectivity index (χ1n) is 5.45. The molecule has 1 heterocycles. The van der Waals surface area contributed by atoms with Crippen LogP contribution in [-0.2, 0) is 4.74 Å². The smallest absolute Gasteiger partial charge is 0.150 e. The summed E-state index contributed by atoms with van der Waals surface area (Å²) in [5.74, 6) is -1.50. The van der Waals surface area contributed by atoms with E-state index in [0.717, 1.165) is 25.0 Å². The van der Waals surface area contributed by atoms with Gasteiger partial charge in [0.15, 0.2) is 11.6 Å². The zero-order valence-electron chi connectivity index (χ0n) is 9.17. The normalized spacial score (nSPS) is 19.0. The predicted octanol–water partition coefficient (Wildman–Crippen LogP) is 2.43. The fourth-order valence-corrected chi connectivity index (χ4v) is 1.83. The van der Waals surface area contributed by atoms with Crippen molar-refractivity contribution < 1.29 is 13.5 Å². The average Bonchev–Trinajstić information content (AvgIpc) is 2.80. The second-order valence-electron chi connectivity index (χ2n) is 3.94. The van der Waals surface area contributed by atoms with Crippen molar-refractivity contribution in [3.63, 3.8) is 0 Å². The van der Waals surface area contributed by atoms with Gasteiger partial charge in [-0.3, -0.25) is 0 Å². The third-order valence-corrected chi connectivity index (χ3v) is 2.70. The topological polar surface area (TPSA) is 45.0 Å². The molecular formula is C12H12F2N2O. The maximum absolute atomic E-state index is 13.5. The third kappa shape index (κ3) is 2.71. The van der Waals surface area contributed by atoms with Crippen LogP contribution >= 0.6 is 0 Å². The van der Waals surface area contributed by atoms with Crippen LogP contribution in [0.5, 0.6) is 0 Å². The van der Waals surface area contributed by atoms with Crippen molar-refractivity contribution in [3.8, 4) is 6.07 Å². The Morgan fingerprint density at radius 2 is 2.12 bits per heavy atom. The van der Waals surface area contributed by atoms with Gasteiger partial charge in [-0.05, 0) is 25.0 Å². The number of nitrogens with zero attached hydrogens (tertiary/aromatic N) is 1. The molecule has 1 aromatic rings. The molecule has 1 aliphatic heterocycles. The number of nitrogens with one attached hydrogen (secondary N) is 1. The zero-order chi connectivity index (χ0) is 12.3. The van der Waals surface area contributed by atoms with Gasteiger partial charge in [0.2, 0.25) is 0 Å². The molecule has 1 atom stereocenters. The molecule has 0 bridgehead atoms. The van der Waals surface area contributed by atoms with Crippen LogP contribution in [-0.4, -0.2) is 19.3 Å². The molecule has 1 aliphatic rings. The van der Waals surface area contributed by atoms with E-state index in [0.29, 0.717) is 13.2 Å². The number of anilines is 1. The summed E-state index contributed by atoms with van der Waals surface area (Å²) in [6, 6.07) is 3.73. The van der Waals surface area contributed by atoms with Crippen molar-refractivity contribution in [1.29, 1.82) is 5.26 Å². The quantitative estimate of drug-likeness (QED) is 0.879. The Morgan fingerprint density at radius 1 is 1.41 bits per heavy atom. The Morgan fingerprint density at radius 3 is 2.65 bits per heavy atom. The van der Waals surface area contributed by atoms with Gasteiger partial charge >= 0.3 is 0 Å². The van der Waals surface area contributed by atoms with Crippen LogP contribution in [0.15, 0.2) is 12.1 Å². The molecule has 90 valence electrons. The molecule has 1 N–H and O–H groups in total. The van der Waals surface area contributed by atoms with E-state index >= 15 is 0 Å². The summed E-state index contributed by atoms with van der Waals surface area (Å²) in [6.07, 6.45) is 1.88. The highest BCUT2D eigenvalue weighted by atomic mass is 19.1. The largest absolute Gasteiger partial charge is 0.378 e. The Kier molecular flexibility index (Phi) is 3.55. The number of halogens is 2. The summed E-state index contributed by atoms with van der Waals surface area (Å²) in [4.78, 5) is 0. The third-order valence-electron chi connectivity index (χ3n) is 2.70. The number of hydrogen-bond acceptors (Lipinski definition) is 3. The lowest BCUT2D eigenvalue weighted by Gasteiger charge is -2.13. The Balaban J connectivity index is 2.07. The standard InChI is InChI=1S/C12H12F2N2O/c13-10-4-8(6-15)5-11(14)12(10)16-7-9-2-1-3-17-9/h4-5,9,16H,1-3,7H2. The van der Waals surface area contributed by atoms with E-state index in [-0.39, 0.29) is 17.4 Å². The van der Waals surface area contributed by atoms with Gasteiger partial charge in [0.1, 0.15) is 5.69 Å². The van der Waals surface area contributed by atoms with E-state index in [4.69, 9.17) is 10.00 Å². The van der Waals surface area contributed by atoms with E-state index < -0.39 is 11.6 Å². The molecule has 1 unspecified atom stereocenters. The molecule has 1 aromatic carbocycles. The molecule has 1 fully saturated rings. The number of hydrogen-bond donors (Lipinski definition) is 1. The number of benzene rings is 1. The van der Waals surface area contributed by atoms with Crippen LogP contribution in [0.25, 0.3) is 0 Å². The monoisotopic (exact) mass is 238 g/mol. The lowest BCUT2D eigenvalue weighted by molar-refractivity contribution is 0.120. The number of nitriles is 1. The van der Waals surface area contributed by atoms with Crippen molar-refractivity contribution >= 4 is 5.69 Å². The van der Waals surface area contributed by atoms with Crippen LogP contribution in [0.2, 0.25) is 0 Å². The molecule has 0 amide bonds.